The third-order valence-electron chi connectivity index (χ3n) is 2.86. The minimum absolute atomic E-state index is 0.211. The van der Waals surface area contributed by atoms with Gasteiger partial charge in [-0.3, -0.25) is 4.79 Å². The van der Waals surface area contributed by atoms with Crippen LogP contribution in [0.2, 0.25) is 0 Å². The molecule has 0 aliphatic heterocycles. The van der Waals surface area contributed by atoms with Crippen LogP contribution in [0.3, 0.4) is 0 Å². The van der Waals surface area contributed by atoms with E-state index in [1.165, 1.54) is 12.7 Å². The van der Waals surface area contributed by atoms with Crippen molar-refractivity contribution in [2.24, 2.45) is 0 Å². The Balaban J connectivity index is 2.08. The molecule has 19 heavy (non-hydrogen) atoms. The molecule has 2 aromatic rings. The number of amides is 1. The second-order valence-corrected chi connectivity index (χ2v) is 4.41. The monoisotopic (exact) mass is 262 g/mol. The van der Waals surface area contributed by atoms with Gasteiger partial charge in [0.05, 0.1) is 12.4 Å². The van der Waals surface area contributed by atoms with Crippen molar-refractivity contribution in [1.82, 2.24) is 30.0 Å². The van der Waals surface area contributed by atoms with E-state index in [-0.39, 0.29) is 11.9 Å². The van der Waals surface area contributed by atoms with E-state index < -0.39 is 0 Å². The molecule has 0 fully saturated rings. The standard InChI is InChI=1S/C12H18N6O/c1-4-5-18-11(15-7-16-18)9(3)17-12(19)10-8(2)13-6-14-10/h6-7,9H,4-5H2,1-3H3,(H,13,14)(H,17,19)/t9-/m1/s1. The van der Waals surface area contributed by atoms with Crippen LogP contribution in [0.25, 0.3) is 0 Å². The van der Waals surface area contributed by atoms with Gasteiger partial charge in [0, 0.05) is 12.2 Å². The summed E-state index contributed by atoms with van der Waals surface area (Å²) >= 11 is 0. The summed E-state index contributed by atoms with van der Waals surface area (Å²) in [5, 5.41) is 7.03. The molecule has 0 saturated carbocycles. The van der Waals surface area contributed by atoms with Gasteiger partial charge in [0.15, 0.2) is 0 Å². The molecule has 2 aromatic heterocycles. The fourth-order valence-electron chi connectivity index (χ4n) is 1.91. The van der Waals surface area contributed by atoms with Crippen LogP contribution in [0, 0.1) is 6.92 Å². The highest BCUT2D eigenvalue weighted by atomic mass is 16.2. The van der Waals surface area contributed by atoms with Crippen LogP contribution in [-0.2, 0) is 6.54 Å². The van der Waals surface area contributed by atoms with E-state index in [1.807, 2.05) is 18.5 Å². The predicted octanol–water partition coefficient (Wildman–Crippen LogP) is 1.21. The molecular formula is C12H18N6O. The zero-order chi connectivity index (χ0) is 13.8. The Morgan fingerprint density at radius 1 is 1.53 bits per heavy atom. The summed E-state index contributed by atoms with van der Waals surface area (Å²) in [4.78, 5) is 23.1. The average molecular weight is 262 g/mol. The normalized spacial score (nSPS) is 12.4. The Morgan fingerprint density at radius 3 is 2.95 bits per heavy atom. The molecule has 102 valence electrons. The van der Waals surface area contributed by atoms with Gasteiger partial charge in [-0.05, 0) is 20.3 Å². The third-order valence-corrected chi connectivity index (χ3v) is 2.86. The van der Waals surface area contributed by atoms with Crippen molar-refractivity contribution in [3.8, 4) is 0 Å². The van der Waals surface area contributed by atoms with Gasteiger partial charge in [0.2, 0.25) is 0 Å². The Labute approximate surface area is 111 Å². The quantitative estimate of drug-likeness (QED) is 0.847. The number of aromatic nitrogens is 5. The Morgan fingerprint density at radius 2 is 2.32 bits per heavy atom. The van der Waals surface area contributed by atoms with Crippen LogP contribution in [-0.4, -0.2) is 30.6 Å². The van der Waals surface area contributed by atoms with Crippen molar-refractivity contribution in [2.75, 3.05) is 0 Å². The van der Waals surface area contributed by atoms with Gasteiger partial charge >= 0.3 is 0 Å². The van der Waals surface area contributed by atoms with Crippen LogP contribution in [0.1, 0.15) is 48.3 Å². The van der Waals surface area contributed by atoms with Gasteiger partial charge in [-0.2, -0.15) is 5.10 Å². The van der Waals surface area contributed by atoms with Gasteiger partial charge in [-0.15, -0.1) is 0 Å². The molecule has 0 bridgehead atoms. The summed E-state index contributed by atoms with van der Waals surface area (Å²) in [5.74, 6) is 0.542. The minimum Gasteiger partial charge on any atom is -0.348 e. The van der Waals surface area contributed by atoms with E-state index in [4.69, 9.17) is 0 Å². The summed E-state index contributed by atoms with van der Waals surface area (Å²) in [6.07, 6.45) is 3.98. The smallest absolute Gasteiger partial charge is 0.272 e. The summed E-state index contributed by atoms with van der Waals surface area (Å²) in [6, 6.07) is -0.211. The number of nitrogens with zero attached hydrogens (tertiary/aromatic N) is 4. The molecule has 2 rings (SSSR count). The predicted molar refractivity (Wildman–Crippen MR) is 69.5 cm³/mol. The molecule has 0 aliphatic carbocycles. The lowest BCUT2D eigenvalue weighted by atomic mass is 10.2. The number of aromatic amines is 1. The van der Waals surface area contributed by atoms with Crippen LogP contribution < -0.4 is 5.32 Å². The van der Waals surface area contributed by atoms with Crippen molar-refractivity contribution in [3.63, 3.8) is 0 Å². The number of nitrogens with one attached hydrogen (secondary N) is 2. The third kappa shape index (κ3) is 2.81. The molecule has 2 heterocycles. The van der Waals surface area contributed by atoms with Crippen LogP contribution >= 0.6 is 0 Å². The first-order valence-electron chi connectivity index (χ1n) is 6.32. The molecule has 0 radical (unpaired) electrons. The largest absolute Gasteiger partial charge is 0.348 e. The highest BCUT2D eigenvalue weighted by molar-refractivity contribution is 5.93. The molecule has 7 heteroatoms. The van der Waals surface area contributed by atoms with E-state index >= 15 is 0 Å². The summed E-state index contributed by atoms with van der Waals surface area (Å²) in [6.45, 7) is 6.56. The van der Waals surface area contributed by atoms with E-state index in [1.54, 1.807) is 0 Å². The molecule has 1 atom stereocenters. The second-order valence-electron chi connectivity index (χ2n) is 4.41. The number of hydrogen-bond donors (Lipinski definition) is 2. The first-order valence-corrected chi connectivity index (χ1v) is 6.32. The minimum atomic E-state index is -0.211. The summed E-state index contributed by atoms with van der Waals surface area (Å²) in [7, 11) is 0. The van der Waals surface area contributed by atoms with Crippen LogP contribution in [0.15, 0.2) is 12.7 Å². The van der Waals surface area contributed by atoms with Crippen molar-refractivity contribution < 1.29 is 4.79 Å². The molecule has 0 saturated heterocycles. The number of rotatable bonds is 5. The molecule has 0 aromatic carbocycles. The van der Waals surface area contributed by atoms with Gasteiger partial charge in [0.25, 0.3) is 5.91 Å². The molecule has 0 aliphatic rings. The highest BCUT2D eigenvalue weighted by Crippen LogP contribution is 2.10. The van der Waals surface area contributed by atoms with E-state index in [9.17, 15) is 4.79 Å². The number of carbonyl (C=O) groups excluding carboxylic acids is 1. The Hall–Kier alpha value is -2.18. The number of H-pyrrole nitrogens is 1. The average Bonchev–Trinajstić information content (AvgIpc) is 2.98. The van der Waals surface area contributed by atoms with Gasteiger partial charge in [0.1, 0.15) is 17.8 Å². The van der Waals surface area contributed by atoms with E-state index in [0.29, 0.717) is 5.69 Å². The Bertz CT molecular complexity index is 558. The fraction of sp³-hybridized carbons (Fsp3) is 0.500. The van der Waals surface area contributed by atoms with Crippen molar-refractivity contribution in [3.05, 3.63) is 29.9 Å². The zero-order valence-corrected chi connectivity index (χ0v) is 11.3. The SMILES string of the molecule is CCCn1ncnc1[C@@H](C)NC(=O)c1nc[nH]c1C. The van der Waals surface area contributed by atoms with Gasteiger partial charge in [-0.1, -0.05) is 6.92 Å². The number of hydrogen-bond acceptors (Lipinski definition) is 4. The lowest BCUT2D eigenvalue weighted by Gasteiger charge is -2.13. The Kier molecular flexibility index (Phi) is 3.94. The molecule has 2 N–H and O–H groups in total. The summed E-state index contributed by atoms with van der Waals surface area (Å²) in [5.41, 5.74) is 1.16. The van der Waals surface area contributed by atoms with Crippen molar-refractivity contribution in [2.45, 2.75) is 39.8 Å². The molecule has 7 nitrogen and oxygen atoms in total. The maximum Gasteiger partial charge on any atom is 0.272 e. The molecule has 1 amide bonds. The lowest BCUT2D eigenvalue weighted by molar-refractivity contribution is 0.0932. The molecule has 0 unspecified atom stereocenters. The first-order chi connectivity index (χ1) is 9.13. The topological polar surface area (TPSA) is 88.5 Å². The fourth-order valence-corrected chi connectivity index (χ4v) is 1.91. The van der Waals surface area contributed by atoms with Crippen molar-refractivity contribution >= 4 is 5.91 Å². The lowest BCUT2D eigenvalue weighted by Crippen LogP contribution is -2.29. The van der Waals surface area contributed by atoms with E-state index in [0.717, 1.165) is 24.5 Å². The number of aryl methyl sites for hydroxylation is 2. The first kappa shape index (κ1) is 13.3. The zero-order valence-electron chi connectivity index (χ0n) is 11.3. The second kappa shape index (κ2) is 5.64. The number of imidazole rings is 1. The van der Waals surface area contributed by atoms with E-state index in [2.05, 4.69) is 32.3 Å². The van der Waals surface area contributed by atoms with Crippen molar-refractivity contribution in [1.29, 1.82) is 0 Å². The molecular weight excluding hydrogens is 244 g/mol. The highest BCUT2D eigenvalue weighted by Gasteiger charge is 2.18. The van der Waals surface area contributed by atoms with Crippen LogP contribution in [0.4, 0.5) is 0 Å². The van der Waals surface area contributed by atoms with Crippen LogP contribution in [0.5, 0.6) is 0 Å². The van der Waals surface area contributed by atoms with Gasteiger partial charge < -0.3 is 10.3 Å². The maximum absolute atomic E-state index is 12.1. The summed E-state index contributed by atoms with van der Waals surface area (Å²) < 4.78 is 1.81. The maximum atomic E-state index is 12.1. The molecule has 0 spiro atoms. The number of carbonyl (C=O) groups is 1. The van der Waals surface area contributed by atoms with Gasteiger partial charge in [-0.25, -0.2) is 14.6 Å².